The molecule has 0 bridgehead atoms. The summed E-state index contributed by atoms with van der Waals surface area (Å²) in [5.41, 5.74) is 1.05. The molecule has 1 aliphatic rings. The molecule has 0 radical (unpaired) electrons. The highest BCUT2D eigenvalue weighted by Crippen LogP contribution is 2.32. The van der Waals surface area contributed by atoms with Crippen LogP contribution in [0.4, 0.5) is 15.9 Å². The van der Waals surface area contributed by atoms with Gasteiger partial charge in [0.05, 0.1) is 15.6 Å². The van der Waals surface area contributed by atoms with Gasteiger partial charge in [-0.3, -0.25) is 9.52 Å². The number of sulfonamides is 2. The number of piperidine rings is 1. The van der Waals surface area contributed by atoms with Crippen LogP contribution < -0.4 is 10.0 Å². The van der Waals surface area contributed by atoms with Gasteiger partial charge in [-0.05, 0) is 63.3 Å². The molecule has 3 aromatic rings. The van der Waals surface area contributed by atoms with Crippen LogP contribution in [0, 0.1) is 12.7 Å². The number of rotatable bonds is 8. The van der Waals surface area contributed by atoms with Crippen molar-refractivity contribution >= 4 is 49.6 Å². The first-order valence-corrected chi connectivity index (χ1v) is 15.5. The maximum absolute atomic E-state index is 15.0. The van der Waals surface area contributed by atoms with Crippen molar-refractivity contribution in [2.45, 2.75) is 35.2 Å². The molecule has 1 aromatic heterocycles. The Labute approximate surface area is 243 Å². The standard InChI is InChI=1S/C24H28ClFN6O4S2.CH2O2/c1-16-5-4-6-17(11-16)38(35,36)32-10-8-20(22(14-32)31(2)3)29-21-13-19(26)23(12-18(21)25)37(33,34)30-24-7-9-27-15-28-24;2-1-3/h4-7,9,11-13,15,20,22,29H,8,10,14H2,1-3H3,(H,27,28,30);1H,(H,2,3)/t20-,22-;/m0./s1. The second-order valence-electron chi connectivity index (χ2n) is 9.32. The molecule has 1 aliphatic heterocycles. The number of aromatic nitrogens is 2. The van der Waals surface area contributed by atoms with Gasteiger partial charge in [-0.25, -0.2) is 31.2 Å². The fourth-order valence-corrected chi connectivity index (χ4v) is 7.28. The van der Waals surface area contributed by atoms with Crippen LogP contribution in [0.15, 0.2) is 64.8 Å². The molecule has 2 heterocycles. The topological polar surface area (TPSA) is 162 Å². The molecule has 0 saturated carbocycles. The van der Waals surface area contributed by atoms with E-state index in [9.17, 15) is 16.8 Å². The number of benzene rings is 2. The fourth-order valence-electron chi connectivity index (χ4n) is 4.33. The number of likely N-dealkylation sites (N-methyl/N-ethyl adjacent to an activating group) is 1. The van der Waals surface area contributed by atoms with Crippen molar-refractivity contribution in [3.63, 3.8) is 0 Å². The summed E-state index contributed by atoms with van der Waals surface area (Å²) in [4.78, 5) is 17.4. The van der Waals surface area contributed by atoms with Gasteiger partial charge in [0, 0.05) is 31.4 Å². The SMILES string of the molecule is Cc1cccc(S(=O)(=O)N2CC[C@H](Nc3cc(F)c(S(=O)(=O)Nc4ccncn4)cc3Cl)[C@@H](N(C)C)C2)c1.O=CO. The third-order valence-electron chi connectivity index (χ3n) is 6.31. The first kappa shape index (κ1) is 32.1. The second kappa shape index (κ2) is 13.5. The lowest BCUT2D eigenvalue weighted by Gasteiger charge is -2.41. The van der Waals surface area contributed by atoms with Gasteiger partial charge in [0.1, 0.15) is 22.9 Å². The number of aryl methyl sites for hydroxylation is 1. The Morgan fingerprint density at radius 3 is 2.49 bits per heavy atom. The summed E-state index contributed by atoms with van der Waals surface area (Å²) < 4.78 is 70.7. The molecule has 16 heteroatoms. The summed E-state index contributed by atoms with van der Waals surface area (Å²) >= 11 is 6.39. The second-order valence-corrected chi connectivity index (χ2v) is 13.3. The van der Waals surface area contributed by atoms with E-state index >= 15 is 4.39 Å². The average molecular weight is 629 g/mol. The number of carboxylic acid groups (broad SMARTS) is 1. The minimum Gasteiger partial charge on any atom is -0.483 e. The molecule has 1 fully saturated rings. The number of hydrogen-bond donors (Lipinski definition) is 3. The summed E-state index contributed by atoms with van der Waals surface area (Å²) in [5, 5.41) is 10.1. The number of halogens is 2. The van der Waals surface area contributed by atoms with Gasteiger partial charge in [0.25, 0.3) is 16.5 Å². The van der Waals surface area contributed by atoms with E-state index in [1.807, 2.05) is 32.0 Å². The monoisotopic (exact) mass is 628 g/mol. The van der Waals surface area contributed by atoms with Crippen molar-refractivity contribution in [1.82, 2.24) is 19.2 Å². The predicted octanol–water partition coefficient (Wildman–Crippen LogP) is 2.88. The molecule has 0 unspecified atom stereocenters. The number of nitrogens with zero attached hydrogens (tertiary/aromatic N) is 4. The minimum atomic E-state index is -4.30. The largest absolute Gasteiger partial charge is 0.483 e. The molecular formula is C25H30ClFN6O6S2. The maximum Gasteiger partial charge on any atom is 0.290 e. The van der Waals surface area contributed by atoms with E-state index in [0.717, 1.165) is 24.0 Å². The highest BCUT2D eigenvalue weighted by atomic mass is 35.5. The molecule has 0 spiro atoms. The van der Waals surface area contributed by atoms with Crippen LogP contribution in [-0.2, 0) is 24.8 Å². The summed E-state index contributed by atoms with van der Waals surface area (Å²) in [6, 6.07) is 9.60. The summed E-state index contributed by atoms with van der Waals surface area (Å²) in [7, 11) is -4.34. The third-order valence-corrected chi connectivity index (χ3v) is 9.85. The van der Waals surface area contributed by atoms with Crippen LogP contribution in [0.25, 0.3) is 0 Å². The quantitative estimate of drug-likeness (QED) is 0.316. The Morgan fingerprint density at radius 2 is 1.88 bits per heavy atom. The molecule has 0 amide bonds. The van der Waals surface area contributed by atoms with Gasteiger partial charge in [-0.15, -0.1) is 0 Å². The fraction of sp³-hybridized carbons (Fsp3) is 0.320. The lowest BCUT2D eigenvalue weighted by molar-refractivity contribution is -0.122. The van der Waals surface area contributed by atoms with Crippen LogP contribution in [0.2, 0.25) is 5.02 Å². The number of carbonyl (C=O) groups is 1. The summed E-state index contributed by atoms with van der Waals surface area (Å²) in [6.45, 7) is 2.04. The lowest BCUT2D eigenvalue weighted by Crippen LogP contribution is -2.56. The van der Waals surface area contributed by atoms with E-state index in [0.29, 0.717) is 6.42 Å². The van der Waals surface area contributed by atoms with Crippen molar-refractivity contribution in [2.75, 3.05) is 37.2 Å². The zero-order valence-corrected chi connectivity index (χ0v) is 24.8. The molecule has 12 nitrogen and oxygen atoms in total. The Hall–Kier alpha value is -3.37. The predicted molar refractivity (Wildman–Crippen MR) is 152 cm³/mol. The van der Waals surface area contributed by atoms with Gasteiger partial charge >= 0.3 is 0 Å². The third kappa shape index (κ3) is 7.89. The van der Waals surface area contributed by atoms with E-state index in [1.54, 1.807) is 18.2 Å². The smallest absolute Gasteiger partial charge is 0.290 e. The van der Waals surface area contributed by atoms with Gasteiger partial charge < -0.3 is 15.3 Å². The van der Waals surface area contributed by atoms with Crippen molar-refractivity contribution in [2.24, 2.45) is 0 Å². The van der Waals surface area contributed by atoms with Gasteiger partial charge in [-0.2, -0.15) is 4.31 Å². The number of nitrogens with one attached hydrogen (secondary N) is 2. The zero-order valence-electron chi connectivity index (χ0n) is 22.4. The Kier molecular flexibility index (Phi) is 10.6. The van der Waals surface area contributed by atoms with Crippen molar-refractivity contribution in [1.29, 1.82) is 0 Å². The Balaban J connectivity index is 0.00000147. The van der Waals surface area contributed by atoms with E-state index in [-0.39, 0.29) is 53.1 Å². The van der Waals surface area contributed by atoms with Crippen molar-refractivity contribution < 1.29 is 31.1 Å². The van der Waals surface area contributed by atoms with E-state index in [2.05, 4.69) is 20.0 Å². The maximum atomic E-state index is 15.0. The highest BCUT2D eigenvalue weighted by molar-refractivity contribution is 7.92. The van der Waals surface area contributed by atoms with E-state index in [1.165, 1.54) is 16.6 Å². The van der Waals surface area contributed by atoms with E-state index < -0.39 is 30.8 Å². The molecule has 1 saturated heterocycles. The average Bonchev–Trinajstić information content (AvgIpc) is 2.91. The van der Waals surface area contributed by atoms with E-state index in [4.69, 9.17) is 21.5 Å². The van der Waals surface area contributed by atoms with Crippen LogP contribution >= 0.6 is 11.6 Å². The lowest BCUT2D eigenvalue weighted by atomic mass is 9.99. The Morgan fingerprint density at radius 1 is 1.17 bits per heavy atom. The number of hydrogen-bond acceptors (Lipinski definition) is 9. The molecule has 4 rings (SSSR count). The van der Waals surface area contributed by atoms with Crippen LogP contribution in [-0.4, -0.2) is 86.9 Å². The highest BCUT2D eigenvalue weighted by Gasteiger charge is 2.37. The first-order valence-electron chi connectivity index (χ1n) is 12.2. The van der Waals surface area contributed by atoms with Gasteiger partial charge in [0.2, 0.25) is 10.0 Å². The van der Waals surface area contributed by atoms with Crippen molar-refractivity contribution in [3.05, 3.63) is 71.4 Å². The molecule has 2 aromatic carbocycles. The number of anilines is 2. The molecule has 0 aliphatic carbocycles. The summed E-state index contributed by atoms with van der Waals surface area (Å²) in [6.07, 6.45) is 2.92. The molecule has 3 N–H and O–H groups in total. The molecule has 222 valence electrons. The minimum absolute atomic E-state index is 0.00165. The van der Waals surface area contributed by atoms with Crippen molar-refractivity contribution in [3.8, 4) is 0 Å². The van der Waals surface area contributed by atoms with Crippen LogP contribution in [0.3, 0.4) is 0 Å². The van der Waals surface area contributed by atoms with Crippen LogP contribution in [0.1, 0.15) is 12.0 Å². The zero-order chi connectivity index (χ0) is 30.4. The first-order chi connectivity index (χ1) is 19.3. The molecule has 41 heavy (non-hydrogen) atoms. The normalized spacial score (nSPS) is 17.8. The van der Waals surface area contributed by atoms with Gasteiger partial charge in [-0.1, -0.05) is 23.7 Å². The Bertz CT molecular complexity index is 1580. The molecule has 2 atom stereocenters. The molecular weight excluding hydrogens is 599 g/mol. The van der Waals surface area contributed by atoms with Crippen LogP contribution in [0.5, 0.6) is 0 Å². The summed E-state index contributed by atoms with van der Waals surface area (Å²) in [5.74, 6) is -1.02. The van der Waals surface area contributed by atoms with Gasteiger partial charge in [0.15, 0.2) is 0 Å².